The molecule has 0 saturated heterocycles. The third-order valence-corrected chi connectivity index (χ3v) is 2.49. The van der Waals surface area contributed by atoms with Gasteiger partial charge < -0.3 is 20.1 Å². The van der Waals surface area contributed by atoms with Crippen LogP contribution >= 0.6 is 0 Å². The zero-order valence-electron chi connectivity index (χ0n) is 10.1. The molecule has 4 atom stereocenters. The molecule has 0 aromatic rings. The second-order valence-corrected chi connectivity index (χ2v) is 3.93. The van der Waals surface area contributed by atoms with E-state index in [9.17, 15) is 15.0 Å². The summed E-state index contributed by atoms with van der Waals surface area (Å²) in [5, 5.41) is 28.2. The third kappa shape index (κ3) is 4.92. The first-order chi connectivity index (χ1) is 7.43. The van der Waals surface area contributed by atoms with E-state index < -0.39 is 30.4 Å². The lowest BCUT2D eigenvalue weighted by Crippen LogP contribution is -2.36. The van der Waals surface area contributed by atoms with Crippen LogP contribution in [0.25, 0.3) is 0 Å². The molecule has 0 rings (SSSR count). The first-order valence-corrected chi connectivity index (χ1v) is 5.68. The summed E-state index contributed by atoms with van der Waals surface area (Å²) in [6.07, 6.45) is -1.51. The van der Waals surface area contributed by atoms with Gasteiger partial charge in [0.2, 0.25) is 6.29 Å². The van der Waals surface area contributed by atoms with Crippen molar-refractivity contribution < 1.29 is 24.9 Å². The third-order valence-electron chi connectivity index (χ3n) is 2.49. The average molecular weight is 234 g/mol. The molecule has 5 nitrogen and oxygen atoms in total. The molecule has 0 aromatic heterocycles. The van der Waals surface area contributed by atoms with Crippen LogP contribution < -0.4 is 0 Å². The van der Waals surface area contributed by atoms with Gasteiger partial charge in [0.25, 0.3) is 0 Å². The molecule has 5 heteroatoms. The second-order valence-electron chi connectivity index (χ2n) is 3.93. The molecule has 16 heavy (non-hydrogen) atoms. The van der Waals surface area contributed by atoms with Crippen LogP contribution in [-0.4, -0.2) is 39.8 Å². The number of esters is 1. The number of aliphatic hydroxyl groups is 3. The molecule has 0 spiro atoms. The molecule has 0 aliphatic heterocycles. The Balaban J connectivity index is 4.30. The monoisotopic (exact) mass is 234 g/mol. The number of hydrogen-bond donors (Lipinski definition) is 3. The summed E-state index contributed by atoms with van der Waals surface area (Å²) < 4.78 is 4.64. The topological polar surface area (TPSA) is 87.0 Å². The molecular formula is C11H22O5. The maximum atomic E-state index is 11.0. The van der Waals surface area contributed by atoms with Gasteiger partial charge >= 0.3 is 5.97 Å². The molecular weight excluding hydrogens is 212 g/mol. The molecule has 0 amide bonds. The highest BCUT2D eigenvalue weighted by molar-refractivity contribution is 5.73. The lowest BCUT2D eigenvalue weighted by Gasteiger charge is -2.26. The van der Waals surface area contributed by atoms with Gasteiger partial charge in [-0.15, -0.1) is 0 Å². The summed E-state index contributed by atoms with van der Waals surface area (Å²) in [5.41, 5.74) is 0. The van der Waals surface area contributed by atoms with E-state index in [1.54, 1.807) is 6.92 Å². The van der Waals surface area contributed by atoms with E-state index in [4.69, 9.17) is 5.11 Å². The van der Waals surface area contributed by atoms with Crippen molar-refractivity contribution in [3.8, 4) is 0 Å². The Morgan fingerprint density at radius 3 is 2.19 bits per heavy atom. The van der Waals surface area contributed by atoms with Gasteiger partial charge in [0.15, 0.2) is 0 Å². The number of carbonyl (C=O) groups excluding carboxylic acids is 1. The van der Waals surface area contributed by atoms with Crippen LogP contribution in [0.1, 0.15) is 40.0 Å². The fraction of sp³-hybridized carbons (Fsp3) is 0.909. The van der Waals surface area contributed by atoms with E-state index in [1.165, 1.54) is 6.92 Å². The lowest BCUT2D eigenvalue weighted by molar-refractivity contribution is -0.193. The van der Waals surface area contributed by atoms with Crippen LogP contribution in [0.5, 0.6) is 0 Å². The summed E-state index contributed by atoms with van der Waals surface area (Å²) >= 11 is 0. The van der Waals surface area contributed by atoms with Gasteiger partial charge in [-0.25, -0.2) is 4.79 Å². The average Bonchev–Trinajstić information content (AvgIpc) is 2.18. The Labute approximate surface area is 96.0 Å². The molecule has 0 bridgehead atoms. The molecule has 0 aromatic carbocycles. The van der Waals surface area contributed by atoms with Crippen molar-refractivity contribution in [1.29, 1.82) is 0 Å². The number of aliphatic hydroxyl groups excluding tert-OH is 3. The summed E-state index contributed by atoms with van der Waals surface area (Å²) in [5.74, 6) is -1.39. The van der Waals surface area contributed by atoms with Gasteiger partial charge in [-0.05, 0) is 19.8 Å². The molecule has 0 fully saturated rings. The van der Waals surface area contributed by atoms with Crippen molar-refractivity contribution in [2.75, 3.05) is 0 Å². The van der Waals surface area contributed by atoms with E-state index in [0.29, 0.717) is 12.8 Å². The molecule has 0 aliphatic rings. The van der Waals surface area contributed by atoms with Crippen LogP contribution in [0.3, 0.4) is 0 Å². The van der Waals surface area contributed by atoms with Crippen LogP contribution in [-0.2, 0) is 9.53 Å². The van der Waals surface area contributed by atoms with E-state index in [2.05, 4.69) is 4.74 Å². The van der Waals surface area contributed by atoms with Gasteiger partial charge in [0.05, 0.1) is 6.10 Å². The molecule has 0 heterocycles. The molecule has 0 radical (unpaired) electrons. The highest BCUT2D eigenvalue weighted by Gasteiger charge is 2.28. The maximum Gasteiger partial charge on any atom is 0.336 e. The van der Waals surface area contributed by atoms with Gasteiger partial charge in [0.1, 0.15) is 6.10 Å². The first kappa shape index (κ1) is 15.3. The Morgan fingerprint density at radius 1 is 1.25 bits per heavy atom. The van der Waals surface area contributed by atoms with Crippen LogP contribution in [0.15, 0.2) is 0 Å². The Hall–Kier alpha value is -0.650. The van der Waals surface area contributed by atoms with Crippen LogP contribution in [0.2, 0.25) is 0 Å². The standard InChI is InChI=1S/C11H22O5/c1-4-6-9(13)8(5-2)11(15)16-10(14)7(3)12/h7-9,11-13,15H,4-6H2,1-3H3. The van der Waals surface area contributed by atoms with E-state index in [0.717, 1.165) is 6.42 Å². The van der Waals surface area contributed by atoms with Gasteiger partial charge in [-0.3, -0.25) is 0 Å². The quantitative estimate of drug-likeness (QED) is 0.439. The van der Waals surface area contributed by atoms with E-state index >= 15 is 0 Å². The zero-order valence-corrected chi connectivity index (χ0v) is 10.1. The van der Waals surface area contributed by atoms with Crippen LogP contribution in [0, 0.1) is 5.92 Å². The number of carbonyl (C=O) groups is 1. The van der Waals surface area contributed by atoms with Gasteiger partial charge in [-0.2, -0.15) is 0 Å². The fourth-order valence-electron chi connectivity index (χ4n) is 1.48. The minimum atomic E-state index is -1.37. The predicted molar refractivity (Wildman–Crippen MR) is 58.5 cm³/mol. The molecule has 0 aliphatic carbocycles. The molecule has 3 N–H and O–H groups in total. The Morgan fingerprint density at radius 2 is 1.81 bits per heavy atom. The lowest BCUT2D eigenvalue weighted by atomic mass is 9.95. The fourth-order valence-corrected chi connectivity index (χ4v) is 1.48. The van der Waals surface area contributed by atoms with Crippen molar-refractivity contribution >= 4 is 5.97 Å². The summed E-state index contributed by atoms with van der Waals surface area (Å²) in [4.78, 5) is 11.0. The Bertz CT molecular complexity index is 205. The van der Waals surface area contributed by atoms with Crippen molar-refractivity contribution in [3.05, 3.63) is 0 Å². The minimum Gasteiger partial charge on any atom is -0.434 e. The zero-order chi connectivity index (χ0) is 12.7. The van der Waals surface area contributed by atoms with Crippen molar-refractivity contribution in [1.82, 2.24) is 0 Å². The highest BCUT2D eigenvalue weighted by Crippen LogP contribution is 2.19. The highest BCUT2D eigenvalue weighted by atomic mass is 16.6. The molecule has 4 unspecified atom stereocenters. The number of rotatable bonds is 7. The maximum absolute atomic E-state index is 11.0. The van der Waals surface area contributed by atoms with Gasteiger partial charge in [0, 0.05) is 5.92 Å². The molecule has 96 valence electrons. The summed E-state index contributed by atoms with van der Waals surface area (Å²) in [6.45, 7) is 4.98. The van der Waals surface area contributed by atoms with Gasteiger partial charge in [-0.1, -0.05) is 20.3 Å². The van der Waals surface area contributed by atoms with Crippen molar-refractivity contribution in [3.63, 3.8) is 0 Å². The normalized spacial score (nSPS) is 18.6. The smallest absolute Gasteiger partial charge is 0.336 e. The van der Waals surface area contributed by atoms with E-state index in [-0.39, 0.29) is 0 Å². The van der Waals surface area contributed by atoms with Crippen molar-refractivity contribution in [2.24, 2.45) is 5.92 Å². The number of ether oxygens (including phenoxy) is 1. The minimum absolute atomic E-state index is 0.495. The second kappa shape index (κ2) is 7.60. The summed E-state index contributed by atoms with van der Waals surface area (Å²) in [7, 11) is 0. The molecule has 0 saturated carbocycles. The van der Waals surface area contributed by atoms with E-state index in [1.807, 2.05) is 6.92 Å². The number of hydrogen-bond acceptors (Lipinski definition) is 5. The van der Waals surface area contributed by atoms with Crippen molar-refractivity contribution in [2.45, 2.75) is 58.5 Å². The Kier molecular flexibility index (Phi) is 7.29. The predicted octanol–water partition coefficient (Wildman–Crippen LogP) is 0.416. The van der Waals surface area contributed by atoms with Crippen LogP contribution in [0.4, 0.5) is 0 Å². The SMILES string of the molecule is CCCC(O)C(CC)C(O)OC(=O)C(C)O. The summed E-state index contributed by atoms with van der Waals surface area (Å²) in [6, 6.07) is 0. The largest absolute Gasteiger partial charge is 0.434 e. The first-order valence-electron chi connectivity index (χ1n) is 5.68.